The molecule has 3 aromatic carbocycles. The molecule has 2 amide bonds. The first-order valence-electron chi connectivity index (χ1n) is 14.3. The van der Waals surface area contributed by atoms with E-state index in [-0.39, 0.29) is 30.7 Å². The molecule has 3 aromatic rings. The van der Waals surface area contributed by atoms with Crippen LogP contribution in [0.25, 0.3) is 11.1 Å². The second-order valence-electron chi connectivity index (χ2n) is 10.2. The molecule has 0 heterocycles. The summed E-state index contributed by atoms with van der Waals surface area (Å²) in [5.41, 5.74) is 7.24. The molecular formula is C37H40N4O4. The first kappa shape index (κ1) is 34.0. The van der Waals surface area contributed by atoms with Crippen molar-refractivity contribution in [2.75, 3.05) is 34.3 Å². The number of carbonyl (C=O) groups excluding carboxylic acids is 2. The van der Waals surface area contributed by atoms with Crippen molar-refractivity contribution in [3.05, 3.63) is 132 Å². The molecule has 0 bridgehead atoms. The minimum Gasteiger partial charge on any atom is -0.508 e. The number of hydrogen-bond donors (Lipinski definition) is 3. The van der Waals surface area contributed by atoms with Crippen molar-refractivity contribution in [1.29, 1.82) is 0 Å². The van der Waals surface area contributed by atoms with Crippen LogP contribution in [0.4, 0.5) is 0 Å². The SMILES string of the molecule is C=C/C(=C\C(CNC(=O)c1ccc(C)c(O)c1)=NC)c1cccc(/C(C=C)=C/C(CNC(=O)c2ccc(C)c(OC)c2)=NC)c1. The monoisotopic (exact) mass is 604 g/mol. The van der Waals surface area contributed by atoms with E-state index in [1.807, 2.05) is 49.4 Å². The minimum absolute atomic E-state index is 0.0686. The maximum absolute atomic E-state index is 12.8. The van der Waals surface area contributed by atoms with Gasteiger partial charge in [0.15, 0.2) is 0 Å². The molecular weight excluding hydrogens is 564 g/mol. The first-order chi connectivity index (χ1) is 21.6. The third kappa shape index (κ3) is 9.24. The number of allylic oxidation sites excluding steroid dienone is 4. The molecule has 232 valence electrons. The van der Waals surface area contributed by atoms with Crippen LogP contribution in [0.2, 0.25) is 0 Å². The zero-order chi connectivity index (χ0) is 32.9. The number of amides is 2. The Morgan fingerprint density at radius 1 is 0.756 bits per heavy atom. The molecule has 0 aliphatic carbocycles. The van der Waals surface area contributed by atoms with Crippen LogP contribution in [-0.2, 0) is 0 Å². The van der Waals surface area contributed by atoms with Crippen molar-refractivity contribution in [3.8, 4) is 11.5 Å². The highest BCUT2D eigenvalue weighted by Gasteiger charge is 2.11. The summed E-state index contributed by atoms with van der Waals surface area (Å²) in [6.07, 6.45) is 7.23. The summed E-state index contributed by atoms with van der Waals surface area (Å²) in [5, 5.41) is 15.7. The van der Waals surface area contributed by atoms with Crippen LogP contribution in [0.15, 0.2) is 108 Å². The van der Waals surface area contributed by atoms with E-state index >= 15 is 0 Å². The van der Waals surface area contributed by atoms with Gasteiger partial charge in [-0.3, -0.25) is 19.6 Å². The Kier molecular flexibility index (Phi) is 12.4. The normalized spacial score (nSPS) is 12.4. The van der Waals surface area contributed by atoms with E-state index in [1.54, 1.807) is 64.5 Å². The fourth-order valence-electron chi connectivity index (χ4n) is 4.40. The summed E-state index contributed by atoms with van der Waals surface area (Å²) in [5.74, 6) is 0.177. The van der Waals surface area contributed by atoms with E-state index < -0.39 is 0 Å². The number of phenols is 1. The number of aryl methyl sites for hydroxylation is 2. The number of aromatic hydroxyl groups is 1. The van der Waals surface area contributed by atoms with Crippen LogP contribution in [0, 0.1) is 13.8 Å². The molecule has 8 nitrogen and oxygen atoms in total. The zero-order valence-electron chi connectivity index (χ0n) is 26.5. The predicted octanol–water partition coefficient (Wildman–Crippen LogP) is 6.16. The lowest BCUT2D eigenvalue weighted by molar-refractivity contribution is 0.0951. The number of methoxy groups -OCH3 is 1. The fourth-order valence-corrected chi connectivity index (χ4v) is 4.40. The highest BCUT2D eigenvalue weighted by molar-refractivity contribution is 6.07. The number of nitrogens with zero attached hydrogens (tertiary/aromatic N) is 2. The molecule has 0 unspecified atom stereocenters. The first-order valence-corrected chi connectivity index (χ1v) is 14.3. The topological polar surface area (TPSA) is 112 Å². The van der Waals surface area contributed by atoms with Crippen molar-refractivity contribution in [2.24, 2.45) is 9.98 Å². The van der Waals surface area contributed by atoms with Gasteiger partial charge in [-0.25, -0.2) is 0 Å². The Morgan fingerprint density at radius 3 is 1.69 bits per heavy atom. The van der Waals surface area contributed by atoms with Crippen LogP contribution in [-0.4, -0.2) is 62.6 Å². The maximum Gasteiger partial charge on any atom is 0.251 e. The molecule has 0 aromatic heterocycles. The van der Waals surface area contributed by atoms with E-state index in [0.29, 0.717) is 33.9 Å². The summed E-state index contributed by atoms with van der Waals surface area (Å²) in [6.45, 7) is 12.1. The van der Waals surface area contributed by atoms with Crippen molar-refractivity contribution >= 4 is 34.4 Å². The quantitative estimate of drug-likeness (QED) is 0.160. The van der Waals surface area contributed by atoms with E-state index in [0.717, 1.165) is 27.8 Å². The van der Waals surface area contributed by atoms with Gasteiger partial charge in [-0.05, 0) is 89.7 Å². The highest BCUT2D eigenvalue weighted by atomic mass is 16.5. The van der Waals surface area contributed by atoms with E-state index in [2.05, 4.69) is 33.8 Å². The Labute approximate surface area is 265 Å². The summed E-state index contributed by atoms with van der Waals surface area (Å²) in [6, 6.07) is 18.0. The standard InChI is InChI=1S/C37H40N4O4/c1-8-26(18-32(38-5)22-40-36(43)30-15-13-24(3)34(42)20-30)28-11-10-12-29(17-28)27(9-2)19-33(39-6)23-41-37(44)31-16-14-25(4)35(21-31)45-7/h8-21,42H,1-2,22-23H2,3-7H3,(H,40,43)(H,41,44)/b26-18+,27-19+,38-32?,39-33?. The largest absolute Gasteiger partial charge is 0.508 e. The molecule has 0 fully saturated rings. The molecule has 45 heavy (non-hydrogen) atoms. The number of benzene rings is 3. The predicted molar refractivity (Wildman–Crippen MR) is 185 cm³/mol. The van der Waals surface area contributed by atoms with Crippen LogP contribution in [0.1, 0.15) is 43.0 Å². The summed E-state index contributed by atoms with van der Waals surface area (Å²) < 4.78 is 5.34. The van der Waals surface area contributed by atoms with Crippen LogP contribution >= 0.6 is 0 Å². The number of ether oxygens (including phenoxy) is 1. The molecule has 8 heteroatoms. The highest BCUT2D eigenvalue weighted by Crippen LogP contribution is 2.23. The smallest absolute Gasteiger partial charge is 0.251 e. The van der Waals surface area contributed by atoms with Crippen LogP contribution < -0.4 is 15.4 Å². The lowest BCUT2D eigenvalue weighted by Crippen LogP contribution is -2.29. The van der Waals surface area contributed by atoms with Gasteiger partial charge in [-0.15, -0.1) is 0 Å². The number of hydrogen-bond acceptors (Lipinski definition) is 6. The van der Waals surface area contributed by atoms with Crippen molar-refractivity contribution in [2.45, 2.75) is 13.8 Å². The summed E-state index contributed by atoms with van der Waals surface area (Å²) in [4.78, 5) is 34.1. The van der Waals surface area contributed by atoms with Gasteiger partial charge in [0.1, 0.15) is 11.5 Å². The Hall–Kier alpha value is -5.50. The Bertz CT molecular complexity index is 1710. The number of aliphatic imine (C=N–C) groups is 2. The third-order valence-corrected chi connectivity index (χ3v) is 7.19. The van der Waals surface area contributed by atoms with Gasteiger partial charge in [0.05, 0.1) is 31.6 Å². The maximum atomic E-state index is 12.8. The molecule has 3 N–H and O–H groups in total. The van der Waals surface area contributed by atoms with Gasteiger partial charge in [-0.1, -0.05) is 55.6 Å². The molecule has 0 saturated carbocycles. The van der Waals surface area contributed by atoms with Gasteiger partial charge < -0.3 is 20.5 Å². The molecule has 0 spiro atoms. The Balaban J connectivity index is 1.75. The van der Waals surface area contributed by atoms with Gasteiger partial charge >= 0.3 is 0 Å². The molecule has 3 rings (SSSR count). The van der Waals surface area contributed by atoms with Gasteiger partial charge in [0, 0.05) is 25.2 Å². The van der Waals surface area contributed by atoms with Crippen LogP contribution in [0.3, 0.4) is 0 Å². The lowest BCUT2D eigenvalue weighted by atomic mass is 9.97. The van der Waals surface area contributed by atoms with Crippen molar-refractivity contribution in [1.82, 2.24) is 10.6 Å². The fraction of sp³-hybridized carbons (Fsp3) is 0.189. The number of rotatable bonds is 13. The summed E-state index contributed by atoms with van der Waals surface area (Å²) >= 11 is 0. The van der Waals surface area contributed by atoms with Gasteiger partial charge in [0.25, 0.3) is 11.8 Å². The minimum atomic E-state index is -0.314. The second kappa shape index (κ2) is 16.4. The molecule has 0 atom stereocenters. The van der Waals surface area contributed by atoms with Crippen molar-refractivity contribution in [3.63, 3.8) is 0 Å². The number of nitrogens with one attached hydrogen (secondary N) is 2. The second-order valence-corrected chi connectivity index (χ2v) is 10.2. The summed E-state index contributed by atoms with van der Waals surface area (Å²) in [7, 11) is 4.91. The van der Waals surface area contributed by atoms with Gasteiger partial charge in [0.2, 0.25) is 0 Å². The van der Waals surface area contributed by atoms with E-state index in [4.69, 9.17) is 4.74 Å². The zero-order valence-corrected chi connectivity index (χ0v) is 26.5. The third-order valence-electron chi connectivity index (χ3n) is 7.19. The average Bonchev–Trinajstić information content (AvgIpc) is 3.06. The lowest BCUT2D eigenvalue weighted by Gasteiger charge is -2.11. The van der Waals surface area contributed by atoms with Gasteiger partial charge in [-0.2, -0.15) is 0 Å². The number of carbonyl (C=O) groups is 2. The van der Waals surface area contributed by atoms with E-state index in [1.165, 1.54) is 6.07 Å². The van der Waals surface area contributed by atoms with Crippen LogP contribution in [0.5, 0.6) is 11.5 Å². The molecule has 0 radical (unpaired) electrons. The number of phenolic OH excluding ortho intramolecular Hbond substituents is 1. The van der Waals surface area contributed by atoms with E-state index in [9.17, 15) is 14.7 Å². The average molecular weight is 605 g/mol. The molecule has 0 saturated heterocycles. The Morgan fingerprint density at radius 2 is 1.24 bits per heavy atom. The molecule has 0 aliphatic heterocycles. The molecule has 0 aliphatic rings. The van der Waals surface area contributed by atoms with Crippen molar-refractivity contribution < 1.29 is 19.4 Å².